The molecule has 0 spiro atoms. The van der Waals surface area contributed by atoms with E-state index >= 15 is 0 Å². The molecule has 0 aliphatic heterocycles. The van der Waals surface area contributed by atoms with Gasteiger partial charge in [0.2, 0.25) is 11.7 Å². The highest BCUT2D eigenvalue weighted by Crippen LogP contribution is 2.23. The van der Waals surface area contributed by atoms with Crippen molar-refractivity contribution in [2.75, 3.05) is 0 Å². The maximum atomic E-state index is 11.8. The van der Waals surface area contributed by atoms with Crippen LogP contribution in [-0.4, -0.2) is 26.1 Å². The second-order valence-corrected chi connectivity index (χ2v) is 4.89. The third-order valence-corrected chi connectivity index (χ3v) is 3.22. The number of tetrazole rings is 1. The van der Waals surface area contributed by atoms with Crippen LogP contribution >= 0.6 is 11.6 Å². The summed E-state index contributed by atoms with van der Waals surface area (Å²) in [6.45, 7) is 0.288. The van der Waals surface area contributed by atoms with Crippen LogP contribution in [0.1, 0.15) is 5.76 Å². The van der Waals surface area contributed by atoms with Gasteiger partial charge in [0, 0.05) is 5.56 Å². The first-order valence-corrected chi connectivity index (χ1v) is 6.92. The van der Waals surface area contributed by atoms with Crippen molar-refractivity contribution < 1.29 is 9.21 Å². The Morgan fingerprint density at radius 2 is 2.14 bits per heavy atom. The van der Waals surface area contributed by atoms with Gasteiger partial charge in [-0.25, -0.2) is 0 Å². The predicted octanol–water partition coefficient (Wildman–Crippen LogP) is 1.90. The van der Waals surface area contributed by atoms with Crippen LogP contribution < -0.4 is 5.32 Å². The summed E-state index contributed by atoms with van der Waals surface area (Å²) in [6.07, 6.45) is 1.55. The lowest BCUT2D eigenvalue weighted by Crippen LogP contribution is -2.27. The molecule has 0 saturated carbocycles. The number of hydrogen-bond donors (Lipinski definition) is 1. The predicted molar refractivity (Wildman–Crippen MR) is 78.8 cm³/mol. The fourth-order valence-electron chi connectivity index (χ4n) is 1.84. The highest BCUT2D eigenvalue weighted by Gasteiger charge is 2.11. The van der Waals surface area contributed by atoms with Crippen molar-refractivity contribution in [3.8, 4) is 11.4 Å². The van der Waals surface area contributed by atoms with E-state index in [1.54, 1.807) is 30.5 Å². The van der Waals surface area contributed by atoms with Crippen LogP contribution in [-0.2, 0) is 17.9 Å². The van der Waals surface area contributed by atoms with Gasteiger partial charge in [-0.1, -0.05) is 23.7 Å². The van der Waals surface area contributed by atoms with Crippen LogP contribution in [0.3, 0.4) is 0 Å². The van der Waals surface area contributed by atoms with Crippen LogP contribution in [0, 0.1) is 0 Å². The number of rotatable bonds is 5. The Kier molecular flexibility index (Phi) is 4.15. The second-order valence-electron chi connectivity index (χ2n) is 4.48. The molecule has 0 bridgehead atoms. The third kappa shape index (κ3) is 3.32. The molecule has 1 N–H and O–H groups in total. The van der Waals surface area contributed by atoms with Gasteiger partial charge in [0.15, 0.2) is 0 Å². The first-order chi connectivity index (χ1) is 10.7. The minimum atomic E-state index is -0.237. The number of nitrogens with one attached hydrogen (secondary N) is 1. The number of carbonyl (C=O) groups is 1. The smallest absolute Gasteiger partial charge is 0.244 e. The number of halogens is 1. The summed E-state index contributed by atoms with van der Waals surface area (Å²) in [5, 5.41) is 15.2. The summed E-state index contributed by atoms with van der Waals surface area (Å²) in [6, 6.07) is 10.7. The normalized spacial score (nSPS) is 10.6. The Balaban J connectivity index is 1.62. The molecule has 2 aromatic heterocycles. The molecule has 1 amide bonds. The molecule has 7 nitrogen and oxygen atoms in total. The van der Waals surface area contributed by atoms with Gasteiger partial charge in [-0.15, -0.1) is 10.2 Å². The summed E-state index contributed by atoms with van der Waals surface area (Å²) >= 11 is 6.07. The van der Waals surface area contributed by atoms with Crippen LogP contribution in [0.4, 0.5) is 0 Å². The molecule has 0 unspecified atom stereocenters. The Morgan fingerprint density at radius 1 is 1.27 bits per heavy atom. The molecule has 0 saturated heterocycles. The molecule has 112 valence electrons. The van der Waals surface area contributed by atoms with Gasteiger partial charge >= 0.3 is 0 Å². The number of benzene rings is 1. The van der Waals surface area contributed by atoms with Crippen molar-refractivity contribution in [3.63, 3.8) is 0 Å². The fraction of sp³-hybridized carbons (Fsp3) is 0.143. The van der Waals surface area contributed by atoms with Crippen molar-refractivity contribution >= 4 is 17.5 Å². The number of aromatic nitrogens is 4. The van der Waals surface area contributed by atoms with E-state index in [-0.39, 0.29) is 12.5 Å². The molecule has 1 aromatic carbocycles. The van der Waals surface area contributed by atoms with Gasteiger partial charge < -0.3 is 9.73 Å². The summed E-state index contributed by atoms with van der Waals surface area (Å²) < 4.78 is 5.13. The van der Waals surface area contributed by atoms with Crippen LogP contribution in [0.2, 0.25) is 5.02 Å². The lowest BCUT2D eigenvalue weighted by Gasteiger charge is -2.01. The van der Waals surface area contributed by atoms with Crippen LogP contribution in [0.15, 0.2) is 47.1 Å². The first-order valence-electron chi connectivity index (χ1n) is 6.54. The quantitative estimate of drug-likeness (QED) is 0.776. The van der Waals surface area contributed by atoms with E-state index in [1.165, 1.54) is 4.80 Å². The average molecular weight is 318 g/mol. The highest BCUT2D eigenvalue weighted by atomic mass is 35.5. The van der Waals surface area contributed by atoms with E-state index in [9.17, 15) is 4.79 Å². The maximum Gasteiger partial charge on any atom is 0.244 e. The molecule has 0 aliphatic carbocycles. The Labute approximate surface area is 130 Å². The van der Waals surface area contributed by atoms with Gasteiger partial charge in [-0.3, -0.25) is 4.79 Å². The van der Waals surface area contributed by atoms with E-state index in [0.717, 1.165) is 0 Å². The van der Waals surface area contributed by atoms with Gasteiger partial charge in [0.25, 0.3) is 0 Å². The SMILES string of the molecule is O=C(Cn1nnc(-c2ccccc2Cl)n1)NCc1ccco1. The molecule has 22 heavy (non-hydrogen) atoms. The monoisotopic (exact) mass is 317 g/mol. The van der Waals surface area contributed by atoms with E-state index in [0.29, 0.717) is 28.7 Å². The summed E-state index contributed by atoms with van der Waals surface area (Å²) in [7, 11) is 0. The van der Waals surface area contributed by atoms with Crippen molar-refractivity contribution in [1.29, 1.82) is 0 Å². The number of carbonyl (C=O) groups excluding carboxylic acids is 1. The second kappa shape index (κ2) is 6.40. The van der Waals surface area contributed by atoms with Crippen molar-refractivity contribution in [2.45, 2.75) is 13.1 Å². The van der Waals surface area contributed by atoms with Gasteiger partial charge in [-0.2, -0.15) is 4.80 Å². The maximum absolute atomic E-state index is 11.8. The number of nitrogens with zero attached hydrogens (tertiary/aromatic N) is 4. The fourth-order valence-corrected chi connectivity index (χ4v) is 2.06. The summed E-state index contributed by atoms with van der Waals surface area (Å²) in [5.74, 6) is 0.820. The van der Waals surface area contributed by atoms with Crippen molar-refractivity contribution in [3.05, 3.63) is 53.4 Å². The van der Waals surface area contributed by atoms with Gasteiger partial charge in [0.1, 0.15) is 12.3 Å². The molecular weight excluding hydrogens is 306 g/mol. The highest BCUT2D eigenvalue weighted by molar-refractivity contribution is 6.33. The molecule has 0 atom stereocenters. The van der Waals surface area contributed by atoms with E-state index in [2.05, 4.69) is 20.7 Å². The zero-order valence-electron chi connectivity index (χ0n) is 11.4. The van der Waals surface area contributed by atoms with Crippen molar-refractivity contribution in [2.24, 2.45) is 0 Å². The average Bonchev–Trinajstić information content (AvgIpc) is 3.17. The molecule has 0 fully saturated rings. The molecule has 0 radical (unpaired) electrons. The zero-order valence-corrected chi connectivity index (χ0v) is 12.2. The first kappa shape index (κ1) is 14.3. The van der Waals surface area contributed by atoms with Crippen molar-refractivity contribution in [1.82, 2.24) is 25.5 Å². The third-order valence-electron chi connectivity index (χ3n) is 2.89. The lowest BCUT2D eigenvalue weighted by molar-refractivity contribution is -0.122. The largest absolute Gasteiger partial charge is 0.467 e. The molecule has 3 aromatic rings. The summed E-state index contributed by atoms with van der Waals surface area (Å²) in [5.41, 5.74) is 0.673. The number of furan rings is 1. The number of amides is 1. The topological polar surface area (TPSA) is 85.8 Å². The summed E-state index contributed by atoms with van der Waals surface area (Å²) in [4.78, 5) is 13.0. The molecule has 3 rings (SSSR count). The zero-order chi connectivity index (χ0) is 15.4. The van der Waals surface area contributed by atoms with Crippen LogP contribution in [0.5, 0.6) is 0 Å². The van der Waals surface area contributed by atoms with E-state index in [1.807, 2.05) is 12.1 Å². The Bertz CT molecular complexity index is 769. The van der Waals surface area contributed by atoms with Crippen LogP contribution in [0.25, 0.3) is 11.4 Å². The number of hydrogen-bond acceptors (Lipinski definition) is 5. The molecular formula is C14H12ClN5O2. The minimum Gasteiger partial charge on any atom is -0.467 e. The van der Waals surface area contributed by atoms with E-state index in [4.69, 9.17) is 16.0 Å². The molecule has 2 heterocycles. The van der Waals surface area contributed by atoms with Gasteiger partial charge in [0.05, 0.1) is 17.8 Å². The van der Waals surface area contributed by atoms with E-state index < -0.39 is 0 Å². The minimum absolute atomic E-state index is 0.0296. The standard InChI is InChI=1S/C14H12ClN5O2/c15-12-6-2-1-5-11(12)14-17-19-20(18-14)9-13(21)16-8-10-4-3-7-22-10/h1-7H,8-9H2,(H,16,21). The Hall–Kier alpha value is -2.67. The van der Waals surface area contributed by atoms with Gasteiger partial charge in [-0.05, 0) is 29.5 Å². The molecule has 8 heteroatoms. The molecule has 0 aliphatic rings. The lowest BCUT2D eigenvalue weighted by atomic mass is 10.2. The Morgan fingerprint density at radius 3 is 2.91 bits per heavy atom.